The Bertz CT molecular complexity index is 240. The molecule has 0 unspecified atom stereocenters. The van der Waals surface area contributed by atoms with Crippen LogP contribution in [0.2, 0.25) is 0 Å². The lowest BCUT2D eigenvalue weighted by Crippen LogP contribution is -1.90. The highest BCUT2D eigenvalue weighted by molar-refractivity contribution is 9.09. The summed E-state index contributed by atoms with van der Waals surface area (Å²) < 4.78 is 5.01. The van der Waals surface area contributed by atoms with Crippen molar-refractivity contribution in [2.24, 2.45) is 0 Å². The van der Waals surface area contributed by atoms with Gasteiger partial charge in [0.05, 0.1) is 7.11 Å². The molecular formula is C9H12BrNO. The first-order valence-corrected chi connectivity index (χ1v) is 5.04. The van der Waals surface area contributed by atoms with E-state index < -0.39 is 0 Å². The van der Waals surface area contributed by atoms with Crippen LogP contribution in [0, 0.1) is 0 Å². The van der Waals surface area contributed by atoms with Crippen molar-refractivity contribution >= 4 is 15.9 Å². The van der Waals surface area contributed by atoms with E-state index in [4.69, 9.17) is 4.74 Å². The summed E-state index contributed by atoms with van der Waals surface area (Å²) in [6.45, 7) is 0. The van der Waals surface area contributed by atoms with Crippen LogP contribution in [0.4, 0.5) is 0 Å². The van der Waals surface area contributed by atoms with E-state index in [2.05, 4.69) is 20.9 Å². The summed E-state index contributed by atoms with van der Waals surface area (Å²) in [5, 5.41) is 1.04. The maximum atomic E-state index is 5.01. The topological polar surface area (TPSA) is 22.1 Å². The standard InChI is InChI=1S/C9H12BrNO/c1-12-9-7-8(3-2-5-10)4-6-11-9/h4,6-7H,2-3,5H2,1H3. The Morgan fingerprint density at radius 2 is 2.42 bits per heavy atom. The van der Waals surface area contributed by atoms with Crippen LogP contribution < -0.4 is 4.74 Å². The Morgan fingerprint density at radius 3 is 3.08 bits per heavy atom. The first-order valence-electron chi connectivity index (χ1n) is 3.91. The van der Waals surface area contributed by atoms with E-state index >= 15 is 0 Å². The highest BCUT2D eigenvalue weighted by Gasteiger charge is 1.95. The van der Waals surface area contributed by atoms with Crippen molar-refractivity contribution in [2.75, 3.05) is 12.4 Å². The van der Waals surface area contributed by atoms with E-state index in [1.165, 1.54) is 5.56 Å². The minimum absolute atomic E-state index is 0.696. The number of rotatable bonds is 4. The van der Waals surface area contributed by atoms with Gasteiger partial charge >= 0.3 is 0 Å². The third-order valence-corrected chi connectivity index (χ3v) is 2.17. The van der Waals surface area contributed by atoms with Crippen LogP contribution in [-0.2, 0) is 6.42 Å². The zero-order chi connectivity index (χ0) is 8.81. The number of alkyl halides is 1. The third-order valence-electron chi connectivity index (χ3n) is 1.61. The van der Waals surface area contributed by atoms with Gasteiger partial charge in [0, 0.05) is 17.6 Å². The van der Waals surface area contributed by atoms with E-state index in [-0.39, 0.29) is 0 Å². The monoisotopic (exact) mass is 229 g/mol. The Kier molecular flexibility index (Phi) is 4.08. The van der Waals surface area contributed by atoms with Crippen LogP contribution in [0.25, 0.3) is 0 Å². The van der Waals surface area contributed by atoms with E-state index in [0.29, 0.717) is 5.88 Å². The minimum atomic E-state index is 0.696. The van der Waals surface area contributed by atoms with Crippen LogP contribution in [0.3, 0.4) is 0 Å². The van der Waals surface area contributed by atoms with Gasteiger partial charge in [0.15, 0.2) is 0 Å². The Hall–Kier alpha value is -0.570. The molecule has 0 aliphatic heterocycles. The predicted octanol–water partition coefficient (Wildman–Crippen LogP) is 2.42. The van der Waals surface area contributed by atoms with E-state index in [1.807, 2.05) is 12.1 Å². The summed E-state index contributed by atoms with van der Waals surface area (Å²) in [4.78, 5) is 4.03. The average molecular weight is 230 g/mol. The Labute approximate surface area is 81.1 Å². The van der Waals surface area contributed by atoms with Crippen LogP contribution >= 0.6 is 15.9 Å². The molecule has 0 fully saturated rings. The molecule has 0 radical (unpaired) electrons. The van der Waals surface area contributed by atoms with E-state index in [9.17, 15) is 0 Å². The molecule has 0 atom stereocenters. The van der Waals surface area contributed by atoms with Gasteiger partial charge in [0.25, 0.3) is 0 Å². The first kappa shape index (κ1) is 9.52. The molecule has 66 valence electrons. The molecule has 0 bridgehead atoms. The van der Waals surface area contributed by atoms with Crippen LogP contribution in [0.15, 0.2) is 18.3 Å². The fourth-order valence-corrected chi connectivity index (χ4v) is 1.27. The van der Waals surface area contributed by atoms with Crippen molar-refractivity contribution < 1.29 is 4.74 Å². The maximum Gasteiger partial charge on any atom is 0.213 e. The number of nitrogens with zero attached hydrogens (tertiary/aromatic N) is 1. The number of hydrogen-bond donors (Lipinski definition) is 0. The molecule has 0 saturated carbocycles. The lowest BCUT2D eigenvalue weighted by molar-refractivity contribution is 0.397. The molecule has 0 amide bonds. The van der Waals surface area contributed by atoms with Crippen LogP contribution in [-0.4, -0.2) is 17.4 Å². The SMILES string of the molecule is COc1cc(CCCBr)ccn1. The van der Waals surface area contributed by atoms with Crippen molar-refractivity contribution in [3.63, 3.8) is 0 Å². The summed E-state index contributed by atoms with van der Waals surface area (Å²) in [6.07, 6.45) is 4.00. The predicted molar refractivity (Wildman–Crippen MR) is 52.9 cm³/mol. The van der Waals surface area contributed by atoms with Crippen LogP contribution in [0.1, 0.15) is 12.0 Å². The average Bonchev–Trinajstić information content (AvgIpc) is 2.15. The molecule has 1 heterocycles. The summed E-state index contributed by atoms with van der Waals surface area (Å²) in [5.41, 5.74) is 1.28. The second kappa shape index (κ2) is 5.14. The van der Waals surface area contributed by atoms with Gasteiger partial charge in [-0.15, -0.1) is 0 Å². The molecule has 2 nitrogen and oxygen atoms in total. The molecular weight excluding hydrogens is 218 g/mol. The number of methoxy groups -OCH3 is 1. The molecule has 0 aliphatic carbocycles. The molecule has 1 aromatic heterocycles. The molecule has 0 aliphatic rings. The van der Waals surface area contributed by atoms with Gasteiger partial charge in [0.2, 0.25) is 5.88 Å². The quantitative estimate of drug-likeness (QED) is 0.741. The Balaban J connectivity index is 2.60. The van der Waals surface area contributed by atoms with Crippen molar-refractivity contribution in [1.29, 1.82) is 0 Å². The molecule has 3 heteroatoms. The largest absolute Gasteiger partial charge is 0.481 e. The molecule has 0 N–H and O–H groups in total. The van der Waals surface area contributed by atoms with Gasteiger partial charge in [-0.2, -0.15) is 0 Å². The lowest BCUT2D eigenvalue weighted by Gasteiger charge is -2.01. The van der Waals surface area contributed by atoms with Crippen molar-refractivity contribution in [1.82, 2.24) is 4.98 Å². The van der Waals surface area contributed by atoms with Gasteiger partial charge in [-0.25, -0.2) is 4.98 Å². The summed E-state index contributed by atoms with van der Waals surface area (Å²) in [6, 6.07) is 3.99. The molecule has 12 heavy (non-hydrogen) atoms. The molecule has 1 rings (SSSR count). The maximum absolute atomic E-state index is 5.01. The van der Waals surface area contributed by atoms with Gasteiger partial charge in [-0.05, 0) is 24.5 Å². The number of aromatic nitrogens is 1. The van der Waals surface area contributed by atoms with Gasteiger partial charge in [-0.3, -0.25) is 0 Å². The smallest absolute Gasteiger partial charge is 0.213 e. The fraction of sp³-hybridized carbons (Fsp3) is 0.444. The van der Waals surface area contributed by atoms with Crippen molar-refractivity contribution in [2.45, 2.75) is 12.8 Å². The highest BCUT2D eigenvalue weighted by Crippen LogP contribution is 2.10. The summed E-state index contributed by atoms with van der Waals surface area (Å²) in [7, 11) is 1.64. The van der Waals surface area contributed by atoms with E-state index in [1.54, 1.807) is 13.3 Å². The number of halogens is 1. The van der Waals surface area contributed by atoms with Crippen molar-refractivity contribution in [3.8, 4) is 5.88 Å². The first-order chi connectivity index (χ1) is 5.86. The molecule has 0 saturated heterocycles. The second-order valence-corrected chi connectivity index (χ2v) is 3.29. The number of ether oxygens (including phenoxy) is 1. The fourth-order valence-electron chi connectivity index (χ4n) is 0.989. The van der Waals surface area contributed by atoms with E-state index in [0.717, 1.165) is 18.2 Å². The number of hydrogen-bond acceptors (Lipinski definition) is 2. The van der Waals surface area contributed by atoms with Crippen LogP contribution in [0.5, 0.6) is 5.88 Å². The van der Waals surface area contributed by atoms with Gasteiger partial charge < -0.3 is 4.74 Å². The van der Waals surface area contributed by atoms with Gasteiger partial charge in [-0.1, -0.05) is 15.9 Å². The second-order valence-electron chi connectivity index (χ2n) is 2.50. The zero-order valence-electron chi connectivity index (χ0n) is 7.09. The molecule has 0 spiro atoms. The van der Waals surface area contributed by atoms with Crippen molar-refractivity contribution in [3.05, 3.63) is 23.9 Å². The number of pyridine rings is 1. The third kappa shape index (κ3) is 2.81. The lowest BCUT2D eigenvalue weighted by atomic mass is 10.1. The summed E-state index contributed by atoms with van der Waals surface area (Å²) in [5.74, 6) is 0.696. The highest BCUT2D eigenvalue weighted by atomic mass is 79.9. The summed E-state index contributed by atoms with van der Waals surface area (Å²) >= 11 is 3.40. The Morgan fingerprint density at radius 1 is 1.58 bits per heavy atom. The van der Waals surface area contributed by atoms with Gasteiger partial charge in [0.1, 0.15) is 0 Å². The normalized spacial score (nSPS) is 9.83. The zero-order valence-corrected chi connectivity index (χ0v) is 8.67. The number of aryl methyl sites for hydroxylation is 1. The molecule has 1 aromatic rings. The minimum Gasteiger partial charge on any atom is -0.481 e. The molecule has 0 aromatic carbocycles.